The first-order chi connectivity index (χ1) is 13.4. The molecule has 0 fully saturated rings. The lowest BCUT2D eigenvalue weighted by molar-refractivity contribution is -0.124. The molecular formula is C20H31N3O5S. The van der Waals surface area contributed by atoms with Crippen LogP contribution in [0.15, 0.2) is 0 Å². The van der Waals surface area contributed by atoms with Gasteiger partial charge in [-0.2, -0.15) is 0 Å². The fourth-order valence-electron chi connectivity index (χ4n) is 2.70. The molecule has 9 heteroatoms. The molecule has 1 heterocycles. The van der Waals surface area contributed by atoms with Crippen molar-refractivity contribution >= 4 is 39.9 Å². The first-order valence-electron chi connectivity index (χ1n) is 9.54. The van der Waals surface area contributed by atoms with Gasteiger partial charge in [-0.25, -0.2) is 4.79 Å². The average Bonchev–Trinajstić information content (AvgIpc) is 2.88. The van der Waals surface area contributed by atoms with E-state index in [9.17, 15) is 19.2 Å². The standard InChI is InChI=1S/C20H31N3O5S/c1-8-23(11-15(26)22-20(5,6)7)10-14(25)21-18-16(19(27)28-9-2)12(3)17(29-18)13(4)24/h8-11H2,1-7H3,(H,21,25)(H,22,26). The number of likely N-dealkylation sites (N-methyl/N-ethyl adjacent to an activating group) is 1. The van der Waals surface area contributed by atoms with E-state index in [1.807, 2.05) is 27.7 Å². The van der Waals surface area contributed by atoms with Crippen LogP contribution in [0.3, 0.4) is 0 Å². The Morgan fingerprint density at radius 2 is 1.66 bits per heavy atom. The largest absolute Gasteiger partial charge is 0.462 e. The molecule has 0 saturated carbocycles. The molecule has 162 valence electrons. The second kappa shape index (κ2) is 10.5. The predicted molar refractivity (Wildman–Crippen MR) is 114 cm³/mol. The molecule has 0 atom stereocenters. The highest BCUT2D eigenvalue weighted by Crippen LogP contribution is 2.34. The molecule has 1 rings (SSSR count). The zero-order chi connectivity index (χ0) is 22.4. The Kier molecular flexibility index (Phi) is 8.97. The van der Waals surface area contributed by atoms with Crippen LogP contribution in [0.4, 0.5) is 5.00 Å². The Balaban J connectivity index is 2.94. The van der Waals surface area contributed by atoms with Crippen molar-refractivity contribution in [1.82, 2.24) is 10.2 Å². The smallest absolute Gasteiger partial charge is 0.341 e. The Morgan fingerprint density at radius 1 is 1.07 bits per heavy atom. The molecule has 0 saturated heterocycles. The second-order valence-electron chi connectivity index (χ2n) is 7.69. The van der Waals surface area contributed by atoms with Gasteiger partial charge in [-0.15, -0.1) is 11.3 Å². The number of carbonyl (C=O) groups excluding carboxylic acids is 4. The van der Waals surface area contributed by atoms with Crippen molar-refractivity contribution in [3.05, 3.63) is 16.0 Å². The maximum absolute atomic E-state index is 12.6. The number of carbonyl (C=O) groups is 4. The van der Waals surface area contributed by atoms with Gasteiger partial charge in [0.2, 0.25) is 11.8 Å². The van der Waals surface area contributed by atoms with Crippen molar-refractivity contribution in [2.75, 3.05) is 31.6 Å². The maximum atomic E-state index is 12.6. The lowest BCUT2D eigenvalue weighted by atomic mass is 10.1. The molecular weight excluding hydrogens is 394 g/mol. The van der Waals surface area contributed by atoms with Crippen molar-refractivity contribution < 1.29 is 23.9 Å². The number of Topliss-reactive ketones (excluding diaryl/α,β-unsaturated/α-hetero) is 1. The zero-order valence-electron chi connectivity index (χ0n) is 18.2. The monoisotopic (exact) mass is 425 g/mol. The number of nitrogens with zero attached hydrogens (tertiary/aromatic N) is 1. The van der Waals surface area contributed by atoms with Gasteiger partial charge in [0.1, 0.15) is 5.00 Å². The summed E-state index contributed by atoms with van der Waals surface area (Å²) in [6, 6.07) is 0. The summed E-state index contributed by atoms with van der Waals surface area (Å²) in [7, 11) is 0. The number of anilines is 1. The van der Waals surface area contributed by atoms with Crippen LogP contribution in [0.2, 0.25) is 0 Å². The SMILES string of the molecule is CCOC(=O)c1c(NC(=O)CN(CC)CC(=O)NC(C)(C)C)sc(C(C)=O)c1C. The van der Waals surface area contributed by atoms with Gasteiger partial charge < -0.3 is 15.4 Å². The van der Waals surface area contributed by atoms with E-state index in [1.165, 1.54) is 6.92 Å². The minimum atomic E-state index is -0.582. The molecule has 1 aromatic heterocycles. The molecule has 0 aliphatic carbocycles. The average molecular weight is 426 g/mol. The molecule has 1 aromatic rings. The van der Waals surface area contributed by atoms with Crippen molar-refractivity contribution in [1.29, 1.82) is 0 Å². The van der Waals surface area contributed by atoms with Gasteiger partial charge in [0.05, 0.1) is 30.1 Å². The van der Waals surface area contributed by atoms with Gasteiger partial charge >= 0.3 is 5.97 Å². The van der Waals surface area contributed by atoms with Gasteiger partial charge in [-0.3, -0.25) is 19.3 Å². The number of nitrogens with one attached hydrogen (secondary N) is 2. The Morgan fingerprint density at radius 3 is 2.14 bits per heavy atom. The summed E-state index contributed by atoms with van der Waals surface area (Å²) in [5.74, 6) is -1.32. The lowest BCUT2D eigenvalue weighted by Crippen LogP contribution is -2.47. The summed E-state index contributed by atoms with van der Waals surface area (Å²) in [5, 5.41) is 5.85. The van der Waals surface area contributed by atoms with Crippen molar-refractivity contribution in [2.45, 2.75) is 54.0 Å². The van der Waals surface area contributed by atoms with Crippen LogP contribution < -0.4 is 10.6 Å². The molecule has 0 aliphatic heterocycles. The highest BCUT2D eigenvalue weighted by molar-refractivity contribution is 7.18. The van der Waals surface area contributed by atoms with E-state index in [2.05, 4.69) is 10.6 Å². The van der Waals surface area contributed by atoms with Crippen LogP contribution in [0, 0.1) is 6.92 Å². The summed E-state index contributed by atoms with van der Waals surface area (Å²) in [6.07, 6.45) is 0. The molecule has 0 aromatic carbocycles. The van der Waals surface area contributed by atoms with Gasteiger partial charge in [0, 0.05) is 5.54 Å². The number of rotatable bonds is 9. The quantitative estimate of drug-likeness (QED) is 0.465. The second-order valence-corrected chi connectivity index (χ2v) is 8.71. The molecule has 0 aliphatic rings. The normalized spacial score (nSPS) is 11.3. The predicted octanol–water partition coefficient (Wildman–Crippen LogP) is 2.61. The number of esters is 1. The number of thiophene rings is 1. The highest BCUT2D eigenvalue weighted by Gasteiger charge is 2.26. The fraction of sp³-hybridized carbons (Fsp3) is 0.600. The van der Waals surface area contributed by atoms with Gasteiger partial charge in [0.15, 0.2) is 5.78 Å². The molecule has 8 nitrogen and oxygen atoms in total. The molecule has 0 bridgehead atoms. The summed E-state index contributed by atoms with van der Waals surface area (Å²) in [5.41, 5.74) is 0.335. The van der Waals surface area contributed by atoms with Crippen LogP contribution in [0.5, 0.6) is 0 Å². The Bertz CT molecular complexity index is 780. The summed E-state index contributed by atoms with van der Waals surface area (Å²) in [4.78, 5) is 50.9. The number of ether oxygens (including phenoxy) is 1. The molecule has 2 N–H and O–H groups in total. The minimum absolute atomic E-state index is 0.0251. The molecule has 29 heavy (non-hydrogen) atoms. The summed E-state index contributed by atoms with van der Waals surface area (Å²) >= 11 is 1.05. The fourth-order valence-corrected chi connectivity index (χ4v) is 3.80. The number of hydrogen-bond acceptors (Lipinski definition) is 7. The maximum Gasteiger partial charge on any atom is 0.341 e. The number of hydrogen-bond donors (Lipinski definition) is 2. The zero-order valence-corrected chi connectivity index (χ0v) is 19.0. The van der Waals surface area contributed by atoms with Crippen LogP contribution in [-0.2, 0) is 14.3 Å². The van der Waals surface area contributed by atoms with Crippen molar-refractivity contribution in [2.24, 2.45) is 0 Å². The minimum Gasteiger partial charge on any atom is -0.462 e. The Labute approximate surface area is 176 Å². The number of amides is 2. The van der Waals surface area contributed by atoms with E-state index in [4.69, 9.17) is 4.74 Å². The third-order valence-corrected chi connectivity index (χ3v) is 5.20. The molecule has 2 amide bonds. The third-order valence-electron chi connectivity index (χ3n) is 3.90. The number of ketones is 1. The molecule has 0 unspecified atom stereocenters. The van der Waals surface area contributed by atoms with Crippen LogP contribution in [-0.4, -0.2) is 60.2 Å². The lowest BCUT2D eigenvalue weighted by Gasteiger charge is -2.24. The molecule has 0 spiro atoms. The first-order valence-corrected chi connectivity index (χ1v) is 10.4. The van der Waals surface area contributed by atoms with E-state index in [1.54, 1.807) is 18.7 Å². The van der Waals surface area contributed by atoms with E-state index in [0.29, 0.717) is 17.0 Å². The van der Waals surface area contributed by atoms with Gasteiger partial charge in [0.25, 0.3) is 0 Å². The van der Waals surface area contributed by atoms with Crippen molar-refractivity contribution in [3.8, 4) is 0 Å². The van der Waals surface area contributed by atoms with Gasteiger partial charge in [-0.05, 0) is 53.7 Å². The Hall–Kier alpha value is -2.26. The summed E-state index contributed by atoms with van der Waals surface area (Å²) in [6.45, 7) is 13.0. The van der Waals surface area contributed by atoms with E-state index in [-0.39, 0.29) is 53.4 Å². The van der Waals surface area contributed by atoms with E-state index in [0.717, 1.165) is 11.3 Å². The first kappa shape index (κ1) is 24.8. The van der Waals surface area contributed by atoms with E-state index < -0.39 is 5.97 Å². The van der Waals surface area contributed by atoms with Crippen LogP contribution in [0.1, 0.15) is 67.1 Å². The third kappa shape index (κ3) is 7.58. The van der Waals surface area contributed by atoms with Crippen molar-refractivity contribution in [3.63, 3.8) is 0 Å². The van der Waals surface area contributed by atoms with Crippen LogP contribution in [0.25, 0.3) is 0 Å². The van der Waals surface area contributed by atoms with E-state index >= 15 is 0 Å². The topological polar surface area (TPSA) is 105 Å². The van der Waals surface area contributed by atoms with Gasteiger partial charge in [-0.1, -0.05) is 6.92 Å². The van der Waals surface area contributed by atoms with Crippen LogP contribution >= 0.6 is 11.3 Å². The highest BCUT2D eigenvalue weighted by atomic mass is 32.1. The molecule has 0 radical (unpaired) electrons. The summed E-state index contributed by atoms with van der Waals surface area (Å²) < 4.78 is 5.07.